The molecule has 2 heterocycles. The van der Waals surface area contributed by atoms with E-state index in [9.17, 15) is 20.0 Å². The summed E-state index contributed by atoms with van der Waals surface area (Å²) in [7, 11) is 0. The lowest BCUT2D eigenvalue weighted by Gasteiger charge is -2.66. The van der Waals surface area contributed by atoms with Crippen LogP contribution in [-0.2, 0) is 9.59 Å². The van der Waals surface area contributed by atoms with Gasteiger partial charge in [0.2, 0.25) is 5.91 Å². The minimum Gasteiger partial charge on any atom is -0.480 e. The van der Waals surface area contributed by atoms with Crippen molar-refractivity contribution >= 4 is 11.9 Å². The molecule has 2 saturated heterocycles. The molecule has 0 aromatic heterocycles. The number of carboxylic acid groups (broad SMARTS) is 1. The Bertz CT molecular complexity index is 823. The molecule has 9 atom stereocenters. The first kappa shape index (κ1) is 19.1. The van der Waals surface area contributed by atoms with E-state index in [4.69, 9.17) is 5.73 Å². The predicted octanol–water partition coefficient (Wildman–Crippen LogP) is 1.71. The molecule has 5 aliphatic carbocycles. The van der Waals surface area contributed by atoms with Gasteiger partial charge in [0.15, 0.2) is 0 Å². The second-order valence-electron chi connectivity index (χ2n) is 11.4. The minimum atomic E-state index is -0.702. The fourth-order valence-corrected chi connectivity index (χ4v) is 8.89. The van der Waals surface area contributed by atoms with Crippen molar-refractivity contribution in [2.24, 2.45) is 28.9 Å². The largest absolute Gasteiger partial charge is 0.480 e. The molecule has 0 aromatic rings. The van der Waals surface area contributed by atoms with E-state index in [2.05, 4.69) is 11.0 Å². The Balaban J connectivity index is 1.31. The van der Waals surface area contributed by atoms with Gasteiger partial charge in [-0.25, -0.2) is 0 Å². The number of piperidine rings is 1. The number of carboxylic acids is 1. The fourth-order valence-electron chi connectivity index (χ4n) is 8.89. The van der Waals surface area contributed by atoms with Gasteiger partial charge in [-0.15, -0.1) is 0 Å². The van der Waals surface area contributed by atoms with Gasteiger partial charge in [-0.2, -0.15) is 5.26 Å². The molecule has 7 fully saturated rings. The van der Waals surface area contributed by atoms with Crippen molar-refractivity contribution in [3.8, 4) is 6.07 Å². The van der Waals surface area contributed by atoms with Gasteiger partial charge in [-0.05, 0) is 93.9 Å². The number of amides is 1. The Kier molecular flexibility index (Phi) is 3.94. The maximum absolute atomic E-state index is 13.6. The second-order valence-corrected chi connectivity index (χ2v) is 11.4. The molecule has 0 spiro atoms. The Morgan fingerprint density at radius 2 is 1.87 bits per heavy atom. The highest BCUT2D eigenvalue weighted by Gasteiger charge is 2.65. The molecule has 5 saturated carbocycles. The smallest absolute Gasteiger partial charge is 0.320 e. The number of aliphatic carboxylic acids is 1. The summed E-state index contributed by atoms with van der Waals surface area (Å²) in [4.78, 5) is 29.7. The van der Waals surface area contributed by atoms with Crippen molar-refractivity contribution in [1.82, 2.24) is 9.80 Å². The summed E-state index contributed by atoms with van der Waals surface area (Å²) in [6, 6.07) is 1.29. The zero-order valence-corrected chi connectivity index (χ0v) is 17.5. The lowest BCUT2D eigenvalue weighted by molar-refractivity contribution is -0.169. The summed E-state index contributed by atoms with van der Waals surface area (Å²) in [5, 5.41) is 19.4. The number of nitrogens with two attached hydrogens (primary N) is 1. The number of carbonyl (C=O) groups excluding carboxylic acids is 1. The SMILES string of the molecule is N#C[C@@H]1CC2CC2N1C(=O)[C@@H](N)C12CC3C[C@@H](C1)CC(N1CCCC1C(=O)O)(C3)C2. The van der Waals surface area contributed by atoms with Crippen molar-refractivity contribution in [1.29, 1.82) is 5.26 Å². The van der Waals surface area contributed by atoms with Crippen LogP contribution in [0.5, 0.6) is 0 Å². The van der Waals surface area contributed by atoms with Crippen molar-refractivity contribution in [3.63, 3.8) is 0 Å². The second kappa shape index (κ2) is 6.20. The first-order valence-electron chi connectivity index (χ1n) is 11.8. The van der Waals surface area contributed by atoms with E-state index in [1.54, 1.807) is 0 Å². The number of likely N-dealkylation sites (tertiary alicyclic amines) is 2. The lowest BCUT2D eigenvalue weighted by Crippen LogP contribution is -2.69. The van der Waals surface area contributed by atoms with Gasteiger partial charge in [-0.1, -0.05) is 0 Å². The standard InChI is InChI=1S/C23H32N4O3/c24-11-16-5-15-6-18(15)27(16)20(28)19(25)22-7-13-4-14(8-22)10-23(9-13,12-22)26-3-1-2-17(26)21(29)30/h13-19H,1-10,12,25H2,(H,29,30)/t13-,14?,15?,16-,17?,18?,19+,22?,23?/m0/s1. The third-order valence-corrected chi connectivity index (χ3v) is 9.66. The average molecular weight is 413 g/mol. The maximum Gasteiger partial charge on any atom is 0.320 e. The van der Waals surface area contributed by atoms with E-state index in [0.717, 1.165) is 64.3 Å². The summed E-state index contributed by atoms with van der Waals surface area (Å²) in [5.41, 5.74) is 6.47. The molecule has 0 aromatic carbocycles. The van der Waals surface area contributed by atoms with Crippen LogP contribution in [0.2, 0.25) is 0 Å². The number of fused-ring (bicyclic) bond motifs is 1. The van der Waals surface area contributed by atoms with Crippen molar-refractivity contribution in [2.45, 2.75) is 93.9 Å². The first-order chi connectivity index (χ1) is 14.4. The highest BCUT2D eigenvalue weighted by Crippen LogP contribution is 2.65. The molecule has 7 nitrogen and oxygen atoms in total. The number of hydrogen-bond donors (Lipinski definition) is 2. The van der Waals surface area contributed by atoms with Gasteiger partial charge < -0.3 is 15.7 Å². The number of nitrogens with zero attached hydrogens (tertiary/aromatic N) is 3. The third-order valence-electron chi connectivity index (χ3n) is 9.66. The minimum absolute atomic E-state index is 0.0140. The Hall–Kier alpha value is -1.65. The van der Waals surface area contributed by atoms with E-state index in [0.29, 0.717) is 17.8 Å². The zero-order valence-electron chi connectivity index (χ0n) is 17.5. The molecule has 7 heteroatoms. The molecule has 6 unspecified atom stereocenters. The van der Waals surface area contributed by atoms with Crippen molar-refractivity contribution < 1.29 is 14.7 Å². The van der Waals surface area contributed by atoms with Crippen LogP contribution < -0.4 is 5.73 Å². The van der Waals surface area contributed by atoms with Gasteiger partial charge in [0.05, 0.1) is 12.1 Å². The molecule has 1 amide bonds. The highest BCUT2D eigenvalue weighted by molar-refractivity contribution is 5.84. The normalized spacial score (nSPS) is 49.7. The van der Waals surface area contributed by atoms with Crippen LogP contribution in [0.3, 0.4) is 0 Å². The lowest BCUT2D eigenvalue weighted by atomic mass is 9.44. The summed E-state index contributed by atoms with van der Waals surface area (Å²) in [5.74, 6) is 0.860. The predicted molar refractivity (Wildman–Crippen MR) is 108 cm³/mol. The Labute approximate surface area is 177 Å². The quantitative estimate of drug-likeness (QED) is 0.727. The van der Waals surface area contributed by atoms with Crippen LogP contribution >= 0.6 is 0 Å². The topological polar surface area (TPSA) is 111 Å². The summed E-state index contributed by atoms with van der Waals surface area (Å²) in [6.07, 6.45) is 9.64. The molecule has 7 aliphatic rings. The van der Waals surface area contributed by atoms with Gasteiger partial charge in [0, 0.05) is 11.6 Å². The van der Waals surface area contributed by atoms with Crippen LogP contribution in [0.1, 0.15) is 64.2 Å². The molecule has 4 bridgehead atoms. The van der Waals surface area contributed by atoms with Crippen LogP contribution in [0.25, 0.3) is 0 Å². The number of hydrogen-bond acceptors (Lipinski definition) is 5. The fraction of sp³-hybridized carbons (Fsp3) is 0.870. The van der Waals surface area contributed by atoms with Crippen LogP contribution in [0.15, 0.2) is 0 Å². The molecule has 3 N–H and O–H groups in total. The summed E-state index contributed by atoms with van der Waals surface area (Å²) >= 11 is 0. The Morgan fingerprint density at radius 1 is 1.13 bits per heavy atom. The van der Waals surface area contributed by atoms with E-state index >= 15 is 0 Å². The molecule has 7 rings (SSSR count). The van der Waals surface area contributed by atoms with Gasteiger partial charge in [0.25, 0.3) is 0 Å². The summed E-state index contributed by atoms with van der Waals surface area (Å²) < 4.78 is 0. The summed E-state index contributed by atoms with van der Waals surface area (Å²) in [6.45, 7) is 0.849. The van der Waals surface area contributed by atoms with Crippen molar-refractivity contribution in [3.05, 3.63) is 0 Å². The number of rotatable bonds is 4. The zero-order chi connectivity index (χ0) is 20.8. The van der Waals surface area contributed by atoms with E-state index in [1.165, 1.54) is 6.42 Å². The van der Waals surface area contributed by atoms with Crippen LogP contribution in [-0.4, -0.2) is 63.0 Å². The van der Waals surface area contributed by atoms with E-state index in [1.807, 2.05) is 4.90 Å². The van der Waals surface area contributed by atoms with E-state index in [-0.39, 0.29) is 35.0 Å². The molecule has 2 aliphatic heterocycles. The molecule has 162 valence electrons. The maximum atomic E-state index is 13.6. The third kappa shape index (κ3) is 2.50. The number of nitriles is 1. The van der Waals surface area contributed by atoms with E-state index < -0.39 is 12.0 Å². The molecule has 0 radical (unpaired) electrons. The van der Waals surface area contributed by atoms with Gasteiger partial charge in [-0.3, -0.25) is 14.5 Å². The monoisotopic (exact) mass is 412 g/mol. The molecular formula is C23H32N4O3. The van der Waals surface area contributed by atoms with Gasteiger partial charge >= 0.3 is 5.97 Å². The Morgan fingerprint density at radius 3 is 2.53 bits per heavy atom. The first-order valence-corrected chi connectivity index (χ1v) is 11.8. The highest BCUT2D eigenvalue weighted by atomic mass is 16.4. The van der Waals surface area contributed by atoms with Gasteiger partial charge in [0.1, 0.15) is 12.1 Å². The molecular weight excluding hydrogens is 380 g/mol. The number of carbonyl (C=O) groups is 2. The van der Waals surface area contributed by atoms with Crippen molar-refractivity contribution in [2.75, 3.05) is 6.54 Å². The van der Waals surface area contributed by atoms with Crippen LogP contribution in [0.4, 0.5) is 0 Å². The molecule has 30 heavy (non-hydrogen) atoms. The average Bonchev–Trinajstić information content (AvgIpc) is 3.14. The van der Waals surface area contributed by atoms with Crippen LogP contribution in [0, 0.1) is 34.5 Å².